The zero-order valence-electron chi connectivity index (χ0n) is 15.0. The summed E-state index contributed by atoms with van der Waals surface area (Å²) in [7, 11) is 0. The standard InChI is InChI=1S/C19H19F7O2/c1-2-28-16(27)15-8-7-13-12-6-4-11(9-10(12)3-5-14(13)15)17(20,18(21,22)23)19(24,25)26/h4,6,9,13-15H,2-3,5,7-8H2,1H3. The monoisotopic (exact) mass is 412 g/mol. The summed E-state index contributed by atoms with van der Waals surface area (Å²) >= 11 is 0. The number of ether oxygens (including phenoxy) is 1. The minimum absolute atomic E-state index is 0.0715. The van der Waals surface area contributed by atoms with Gasteiger partial charge in [-0.3, -0.25) is 4.79 Å². The van der Waals surface area contributed by atoms with Crippen molar-refractivity contribution < 1.29 is 40.3 Å². The molecular weight excluding hydrogens is 393 g/mol. The highest BCUT2D eigenvalue weighted by molar-refractivity contribution is 5.73. The van der Waals surface area contributed by atoms with Crippen LogP contribution in [0, 0.1) is 11.8 Å². The van der Waals surface area contributed by atoms with Gasteiger partial charge in [0.25, 0.3) is 0 Å². The molecule has 2 aliphatic carbocycles. The fourth-order valence-electron chi connectivity index (χ4n) is 4.61. The number of esters is 1. The van der Waals surface area contributed by atoms with Crippen molar-refractivity contribution in [2.75, 3.05) is 6.61 Å². The third-order valence-electron chi connectivity index (χ3n) is 5.88. The van der Waals surface area contributed by atoms with Gasteiger partial charge >= 0.3 is 24.0 Å². The molecule has 0 radical (unpaired) electrons. The Balaban J connectivity index is 1.96. The molecule has 0 spiro atoms. The van der Waals surface area contributed by atoms with Gasteiger partial charge < -0.3 is 4.74 Å². The minimum Gasteiger partial charge on any atom is -0.466 e. The number of alkyl halides is 7. The molecule has 0 heterocycles. The smallest absolute Gasteiger partial charge is 0.435 e. The molecule has 0 saturated heterocycles. The Morgan fingerprint density at radius 2 is 1.68 bits per heavy atom. The SMILES string of the molecule is CCOC(=O)C1CCC2c3ccc(C(F)(C(F)(F)F)C(F)(F)F)cc3CCC12. The number of rotatable bonds is 3. The molecule has 0 amide bonds. The Morgan fingerprint density at radius 3 is 2.25 bits per heavy atom. The summed E-state index contributed by atoms with van der Waals surface area (Å²) in [5, 5.41) is 0. The number of carbonyl (C=O) groups is 1. The van der Waals surface area contributed by atoms with Crippen LogP contribution in [0.2, 0.25) is 0 Å². The first-order valence-corrected chi connectivity index (χ1v) is 9.04. The normalized spacial score (nSPS) is 25.2. The lowest BCUT2D eigenvalue weighted by atomic mass is 9.73. The minimum atomic E-state index is -6.13. The Labute approximate surface area is 157 Å². The number of carbonyl (C=O) groups excluding carboxylic acids is 1. The molecule has 0 aliphatic heterocycles. The summed E-state index contributed by atoms with van der Waals surface area (Å²) in [6.45, 7) is 1.92. The Hall–Kier alpha value is -1.80. The summed E-state index contributed by atoms with van der Waals surface area (Å²) in [6, 6.07) is 2.41. The van der Waals surface area contributed by atoms with E-state index >= 15 is 0 Å². The lowest BCUT2D eigenvalue weighted by molar-refractivity contribution is -0.348. The molecule has 0 aromatic heterocycles. The fourth-order valence-corrected chi connectivity index (χ4v) is 4.61. The molecule has 2 nitrogen and oxygen atoms in total. The van der Waals surface area contributed by atoms with Gasteiger partial charge in [-0.25, -0.2) is 4.39 Å². The maximum absolute atomic E-state index is 14.3. The van der Waals surface area contributed by atoms with Crippen molar-refractivity contribution in [1.29, 1.82) is 0 Å². The molecular formula is C19H19F7O2. The van der Waals surface area contributed by atoms with E-state index in [0.29, 0.717) is 37.0 Å². The van der Waals surface area contributed by atoms with Crippen LogP contribution < -0.4 is 0 Å². The first-order valence-electron chi connectivity index (χ1n) is 9.04. The number of hydrogen-bond donors (Lipinski definition) is 0. The molecule has 2 aliphatic rings. The van der Waals surface area contributed by atoms with Crippen molar-refractivity contribution in [1.82, 2.24) is 0 Å². The molecule has 3 rings (SSSR count). The molecule has 3 atom stereocenters. The summed E-state index contributed by atoms with van der Waals surface area (Å²) in [4.78, 5) is 12.1. The van der Waals surface area contributed by atoms with E-state index in [-0.39, 0.29) is 42.3 Å². The topological polar surface area (TPSA) is 26.3 Å². The summed E-state index contributed by atoms with van der Waals surface area (Å²) in [6.07, 6.45) is -10.5. The van der Waals surface area contributed by atoms with E-state index in [9.17, 15) is 35.5 Å². The number of aryl methyl sites for hydroxylation is 1. The summed E-state index contributed by atoms with van der Waals surface area (Å²) in [5.74, 6) is -0.883. The van der Waals surface area contributed by atoms with Gasteiger partial charge in [0.15, 0.2) is 0 Å². The van der Waals surface area contributed by atoms with Crippen LogP contribution in [0.3, 0.4) is 0 Å². The van der Waals surface area contributed by atoms with Crippen molar-refractivity contribution in [3.05, 3.63) is 34.9 Å². The van der Waals surface area contributed by atoms with E-state index in [1.54, 1.807) is 6.92 Å². The Morgan fingerprint density at radius 1 is 1.04 bits per heavy atom. The largest absolute Gasteiger partial charge is 0.466 e. The van der Waals surface area contributed by atoms with E-state index in [1.807, 2.05) is 0 Å². The van der Waals surface area contributed by atoms with E-state index in [1.165, 1.54) is 0 Å². The number of fused-ring (bicyclic) bond motifs is 3. The predicted molar refractivity (Wildman–Crippen MR) is 85.2 cm³/mol. The highest BCUT2D eigenvalue weighted by Crippen LogP contribution is 2.55. The van der Waals surface area contributed by atoms with Crippen LogP contribution in [-0.2, 0) is 21.6 Å². The average Bonchev–Trinajstić information content (AvgIpc) is 3.03. The fraction of sp³-hybridized carbons (Fsp3) is 0.632. The molecule has 1 aromatic carbocycles. The Kier molecular flexibility index (Phi) is 5.17. The molecule has 1 saturated carbocycles. The van der Waals surface area contributed by atoms with Crippen molar-refractivity contribution in [2.24, 2.45) is 11.8 Å². The number of benzene rings is 1. The van der Waals surface area contributed by atoms with E-state index in [4.69, 9.17) is 4.74 Å². The van der Waals surface area contributed by atoms with Gasteiger partial charge in [0, 0.05) is 5.56 Å². The van der Waals surface area contributed by atoms with E-state index < -0.39 is 23.6 Å². The molecule has 1 aromatic rings. The van der Waals surface area contributed by atoms with Crippen molar-refractivity contribution in [2.45, 2.75) is 56.5 Å². The lowest BCUT2D eigenvalue weighted by Crippen LogP contribution is -2.50. The third kappa shape index (κ3) is 3.16. The molecule has 156 valence electrons. The van der Waals surface area contributed by atoms with Gasteiger partial charge in [0.1, 0.15) is 0 Å². The lowest BCUT2D eigenvalue weighted by Gasteiger charge is -2.34. The molecule has 0 N–H and O–H groups in total. The van der Waals surface area contributed by atoms with E-state index in [0.717, 1.165) is 6.07 Å². The maximum atomic E-state index is 14.3. The maximum Gasteiger partial charge on any atom is 0.435 e. The molecule has 1 fully saturated rings. The van der Waals surface area contributed by atoms with Crippen LogP contribution in [0.1, 0.15) is 48.8 Å². The van der Waals surface area contributed by atoms with Crippen LogP contribution >= 0.6 is 0 Å². The van der Waals surface area contributed by atoms with Gasteiger partial charge in [-0.15, -0.1) is 0 Å². The van der Waals surface area contributed by atoms with Gasteiger partial charge in [-0.2, -0.15) is 26.3 Å². The zero-order chi connectivity index (χ0) is 20.9. The highest BCUT2D eigenvalue weighted by atomic mass is 19.4. The first-order chi connectivity index (χ1) is 12.9. The van der Waals surface area contributed by atoms with Gasteiger partial charge in [-0.05, 0) is 55.6 Å². The van der Waals surface area contributed by atoms with Crippen LogP contribution in [0.5, 0.6) is 0 Å². The second-order valence-corrected chi connectivity index (χ2v) is 7.31. The number of hydrogen-bond acceptors (Lipinski definition) is 2. The predicted octanol–water partition coefficient (Wildman–Crippen LogP) is 5.60. The van der Waals surface area contributed by atoms with Gasteiger partial charge in [0.05, 0.1) is 12.5 Å². The Bertz CT molecular complexity index is 740. The number of halogens is 7. The molecule has 3 unspecified atom stereocenters. The summed E-state index contributed by atoms with van der Waals surface area (Å²) in [5.41, 5.74) is -6.00. The second kappa shape index (κ2) is 6.91. The quantitative estimate of drug-likeness (QED) is 0.478. The van der Waals surface area contributed by atoms with Crippen LogP contribution in [0.25, 0.3) is 0 Å². The highest BCUT2D eigenvalue weighted by Gasteiger charge is 2.73. The van der Waals surface area contributed by atoms with E-state index in [2.05, 4.69) is 0 Å². The van der Waals surface area contributed by atoms with Crippen molar-refractivity contribution >= 4 is 5.97 Å². The average molecular weight is 412 g/mol. The van der Waals surface area contributed by atoms with Gasteiger partial charge in [0.2, 0.25) is 0 Å². The first kappa shape index (κ1) is 20.9. The van der Waals surface area contributed by atoms with Crippen LogP contribution in [0.4, 0.5) is 30.7 Å². The molecule has 9 heteroatoms. The van der Waals surface area contributed by atoms with Crippen molar-refractivity contribution in [3.63, 3.8) is 0 Å². The van der Waals surface area contributed by atoms with Crippen LogP contribution in [-0.4, -0.2) is 24.9 Å². The summed E-state index contributed by atoms with van der Waals surface area (Å²) < 4.78 is 97.4. The van der Waals surface area contributed by atoms with Crippen molar-refractivity contribution in [3.8, 4) is 0 Å². The second-order valence-electron chi connectivity index (χ2n) is 7.31. The van der Waals surface area contributed by atoms with Crippen LogP contribution in [0.15, 0.2) is 18.2 Å². The molecule has 0 bridgehead atoms. The van der Waals surface area contributed by atoms with Gasteiger partial charge in [-0.1, -0.05) is 18.2 Å². The molecule has 28 heavy (non-hydrogen) atoms. The zero-order valence-corrected chi connectivity index (χ0v) is 15.0. The third-order valence-corrected chi connectivity index (χ3v) is 5.88.